The second-order valence-corrected chi connectivity index (χ2v) is 11.3. The summed E-state index contributed by atoms with van der Waals surface area (Å²) in [6, 6.07) is 13.1. The summed E-state index contributed by atoms with van der Waals surface area (Å²) in [5.41, 5.74) is 2.81. The molecule has 0 amide bonds. The van der Waals surface area contributed by atoms with Crippen LogP contribution in [0, 0.1) is 12.0 Å². The fourth-order valence-corrected chi connectivity index (χ4v) is 5.22. The molecule has 1 saturated heterocycles. The van der Waals surface area contributed by atoms with Gasteiger partial charge in [0, 0.05) is 50.5 Å². The molecule has 9 nitrogen and oxygen atoms in total. The average Bonchev–Trinajstić information content (AvgIpc) is 3.29. The molecule has 1 aliphatic heterocycles. The van der Waals surface area contributed by atoms with Crippen LogP contribution in [0.15, 0.2) is 47.9 Å². The fourth-order valence-electron chi connectivity index (χ4n) is 4.58. The summed E-state index contributed by atoms with van der Waals surface area (Å²) in [5, 5.41) is 12.1. The standard InChI is InChI=1S/C28H34FN5O4S/c1-5-26-21-8-6-9-25(31-23-12-15-33(16-17-37-2)19-22(23)29)28(21)32-34(26)14-7-13-30-24-11-10-20(39(4,35)36)18-27(24)38-3/h5-6,8-11,18,22-23,30-31H,1,12-13,15-17,19H2,2-4H3/t22-,23+/m0/s1. The van der Waals surface area contributed by atoms with Gasteiger partial charge in [0.05, 0.1) is 48.3 Å². The molecule has 1 fully saturated rings. The van der Waals surface area contributed by atoms with Crippen molar-refractivity contribution in [3.05, 3.63) is 48.7 Å². The number of methoxy groups -OCH3 is 2. The first-order valence-corrected chi connectivity index (χ1v) is 14.5. The topological polar surface area (TPSA) is 97.7 Å². The number of likely N-dealkylation sites (tertiary alicyclic amines) is 1. The summed E-state index contributed by atoms with van der Waals surface area (Å²) in [5.74, 6) is 3.44. The number of nitrogens with one attached hydrogen (secondary N) is 2. The van der Waals surface area contributed by atoms with Crippen LogP contribution in [0.2, 0.25) is 0 Å². The van der Waals surface area contributed by atoms with Gasteiger partial charge in [0.15, 0.2) is 9.84 Å². The van der Waals surface area contributed by atoms with Gasteiger partial charge in [-0.3, -0.25) is 4.90 Å². The number of anilines is 2. The number of rotatable bonds is 10. The third-order valence-electron chi connectivity index (χ3n) is 6.66. The van der Waals surface area contributed by atoms with Gasteiger partial charge in [-0.25, -0.2) is 12.8 Å². The van der Waals surface area contributed by atoms with Gasteiger partial charge in [0.2, 0.25) is 0 Å². The zero-order valence-corrected chi connectivity index (χ0v) is 23.2. The van der Waals surface area contributed by atoms with Gasteiger partial charge in [-0.15, -0.1) is 0 Å². The van der Waals surface area contributed by atoms with Gasteiger partial charge < -0.3 is 20.1 Å². The van der Waals surface area contributed by atoms with Crippen LogP contribution in [-0.2, 0) is 14.6 Å². The number of aromatic nitrogens is 2. The lowest BCUT2D eigenvalue weighted by molar-refractivity contribution is 0.0920. The lowest BCUT2D eigenvalue weighted by Crippen LogP contribution is -2.48. The van der Waals surface area contributed by atoms with E-state index in [0.717, 1.165) is 36.1 Å². The SMILES string of the molecule is C=Cc1c2cccc(N[C@@H]3CCN(CCOC)C[C@@H]3F)c2nn1C#CCNc1ccc(S(C)(=O)=O)cc1OC. The Morgan fingerprint density at radius 3 is 2.77 bits per heavy atom. The maximum absolute atomic E-state index is 15.0. The van der Waals surface area contributed by atoms with Crippen molar-refractivity contribution < 1.29 is 22.3 Å². The smallest absolute Gasteiger partial charge is 0.175 e. The first kappa shape index (κ1) is 28.4. The Hall–Kier alpha value is -3.59. The molecule has 0 bridgehead atoms. The molecule has 2 atom stereocenters. The van der Waals surface area contributed by atoms with E-state index in [2.05, 4.69) is 39.2 Å². The van der Waals surface area contributed by atoms with Gasteiger partial charge in [0.1, 0.15) is 17.4 Å². The second kappa shape index (κ2) is 12.5. The molecule has 0 radical (unpaired) electrons. The van der Waals surface area contributed by atoms with Crippen LogP contribution in [0.1, 0.15) is 12.1 Å². The Kier molecular flexibility index (Phi) is 9.12. The van der Waals surface area contributed by atoms with E-state index < -0.39 is 16.0 Å². The predicted molar refractivity (Wildman–Crippen MR) is 153 cm³/mol. The minimum Gasteiger partial charge on any atom is -0.495 e. The molecule has 0 unspecified atom stereocenters. The van der Waals surface area contributed by atoms with E-state index in [1.54, 1.807) is 23.9 Å². The molecule has 0 saturated carbocycles. The molecular formula is C28H34FN5O4S. The van der Waals surface area contributed by atoms with Crippen LogP contribution < -0.4 is 15.4 Å². The van der Waals surface area contributed by atoms with Crippen LogP contribution in [-0.4, -0.2) is 88.6 Å². The highest BCUT2D eigenvalue weighted by atomic mass is 32.2. The molecular weight excluding hydrogens is 521 g/mol. The monoisotopic (exact) mass is 555 g/mol. The average molecular weight is 556 g/mol. The van der Waals surface area contributed by atoms with Crippen LogP contribution in [0.5, 0.6) is 5.75 Å². The van der Waals surface area contributed by atoms with Crippen molar-refractivity contribution in [2.45, 2.75) is 23.5 Å². The number of piperidine rings is 1. The van der Waals surface area contributed by atoms with Gasteiger partial charge in [-0.2, -0.15) is 9.78 Å². The maximum atomic E-state index is 15.0. The molecule has 39 heavy (non-hydrogen) atoms. The van der Waals surface area contributed by atoms with Gasteiger partial charge in [-0.1, -0.05) is 24.6 Å². The molecule has 208 valence electrons. The Bertz CT molecular complexity index is 1490. The number of benzene rings is 2. The summed E-state index contributed by atoms with van der Waals surface area (Å²) in [6.45, 7) is 6.66. The molecule has 1 aromatic heterocycles. The van der Waals surface area contributed by atoms with Crippen molar-refractivity contribution in [2.24, 2.45) is 0 Å². The van der Waals surface area contributed by atoms with Crippen molar-refractivity contribution in [1.29, 1.82) is 0 Å². The zero-order chi connectivity index (χ0) is 28.0. The number of halogens is 1. The van der Waals surface area contributed by atoms with E-state index >= 15 is 0 Å². The summed E-state index contributed by atoms with van der Waals surface area (Å²) >= 11 is 0. The van der Waals surface area contributed by atoms with Crippen LogP contribution in [0.4, 0.5) is 15.8 Å². The molecule has 1 aliphatic rings. The first-order valence-electron chi connectivity index (χ1n) is 12.6. The lowest BCUT2D eigenvalue weighted by atomic mass is 10.0. The maximum Gasteiger partial charge on any atom is 0.175 e. The third kappa shape index (κ3) is 6.71. The predicted octanol–water partition coefficient (Wildman–Crippen LogP) is 3.48. The number of hydrogen-bond acceptors (Lipinski definition) is 8. The molecule has 3 aromatic rings. The number of alkyl halides is 1. The summed E-state index contributed by atoms with van der Waals surface area (Å²) in [4.78, 5) is 2.26. The quantitative estimate of drug-likeness (QED) is 0.367. The molecule has 2 heterocycles. The van der Waals surface area contributed by atoms with Gasteiger partial charge in [-0.05, 0) is 30.7 Å². The van der Waals surface area contributed by atoms with E-state index in [1.807, 2.05) is 18.2 Å². The Balaban J connectivity index is 1.49. The van der Waals surface area contributed by atoms with E-state index in [1.165, 1.54) is 19.2 Å². The van der Waals surface area contributed by atoms with E-state index in [9.17, 15) is 12.8 Å². The lowest BCUT2D eigenvalue weighted by Gasteiger charge is -2.35. The minimum absolute atomic E-state index is 0.176. The molecule has 4 rings (SSSR count). The third-order valence-corrected chi connectivity index (χ3v) is 7.78. The van der Waals surface area contributed by atoms with Crippen molar-refractivity contribution in [3.63, 3.8) is 0 Å². The summed E-state index contributed by atoms with van der Waals surface area (Å²) < 4.78 is 50.6. The van der Waals surface area contributed by atoms with Crippen LogP contribution in [0.25, 0.3) is 17.0 Å². The van der Waals surface area contributed by atoms with Gasteiger partial charge >= 0.3 is 0 Å². The van der Waals surface area contributed by atoms with Crippen LogP contribution in [0.3, 0.4) is 0 Å². The highest BCUT2D eigenvalue weighted by Crippen LogP contribution is 2.29. The Labute approximate surface area is 228 Å². The highest BCUT2D eigenvalue weighted by molar-refractivity contribution is 7.90. The van der Waals surface area contributed by atoms with Crippen molar-refractivity contribution in [1.82, 2.24) is 14.7 Å². The highest BCUT2D eigenvalue weighted by Gasteiger charge is 2.29. The van der Waals surface area contributed by atoms with E-state index in [4.69, 9.17) is 9.47 Å². The van der Waals surface area contributed by atoms with Crippen molar-refractivity contribution >= 4 is 38.2 Å². The zero-order valence-electron chi connectivity index (χ0n) is 22.4. The molecule has 2 N–H and O–H groups in total. The van der Waals surface area contributed by atoms with Crippen molar-refractivity contribution in [2.75, 3.05) is 63.9 Å². The fraction of sp³-hybridized carbons (Fsp3) is 0.393. The summed E-state index contributed by atoms with van der Waals surface area (Å²) in [7, 11) is -0.217. The molecule has 0 spiro atoms. The first-order chi connectivity index (χ1) is 18.7. The molecule has 11 heteroatoms. The number of ether oxygens (including phenoxy) is 2. The molecule has 2 aromatic carbocycles. The Morgan fingerprint density at radius 2 is 2.08 bits per heavy atom. The number of hydrogen-bond donors (Lipinski definition) is 2. The normalized spacial score (nSPS) is 17.8. The second-order valence-electron chi connectivity index (χ2n) is 9.33. The van der Waals surface area contributed by atoms with E-state index in [-0.39, 0.29) is 17.5 Å². The molecule has 0 aliphatic carbocycles. The van der Waals surface area contributed by atoms with E-state index in [0.29, 0.717) is 36.5 Å². The number of fused-ring (bicyclic) bond motifs is 1. The Morgan fingerprint density at radius 1 is 1.26 bits per heavy atom. The summed E-state index contributed by atoms with van der Waals surface area (Å²) in [6.07, 6.45) is 2.51. The van der Waals surface area contributed by atoms with Gasteiger partial charge in [0.25, 0.3) is 0 Å². The number of nitrogens with zero attached hydrogens (tertiary/aromatic N) is 3. The minimum atomic E-state index is -3.35. The van der Waals surface area contributed by atoms with Crippen molar-refractivity contribution in [3.8, 4) is 17.7 Å². The largest absolute Gasteiger partial charge is 0.495 e. The van der Waals surface area contributed by atoms with Crippen LogP contribution >= 0.6 is 0 Å². The number of sulfone groups is 1.